The maximum atomic E-state index is 3.69. The molecule has 0 spiro atoms. The molecule has 100 valence electrons. The van der Waals surface area contributed by atoms with E-state index in [0.717, 1.165) is 6.04 Å². The zero-order valence-corrected chi connectivity index (χ0v) is 11.8. The molecule has 0 saturated carbocycles. The molecule has 2 aliphatic heterocycles. The van der Waals surface area contributed by atoms with Gasteiger partial charge < -0.3 is 10.2 Å². The quantitative estimate of drug-likeness (QED) is 0.806. The molecule has 3 heteroatoms. The smallest absolute Gasteiger partial charge is 0.0222 e. The summed E-state index contributed by atoms with van der Waals surface area (Å²) in [6, 6.07) is 0.784. The lowest BCUT2D eigenvalue weighted by Crippen LogP contribution is -2.58. The molecule has 0 aromatic rings. The first-order chi connectivity index (χ1) is 8.11. The van der Waals surface area contributed by atoms with Gasteiger partial charge >= 0.3 is 0 Å². The summed E-state index contributed by atoms with van der Waals surface area (Å²) in [5, 5.41) is 3.69. The Balaban J connectivity index is 1.74. The fourth-order valence-corrected chi connectivity index (χ4v) is 3.09. The number of nitrogens with zero attached hydrogens (tertiary/aromatic N) is 2. The van der Waals surface area contributed by atoms with Gasteiger partial charge in [0.05, 0.1) is 0 Å². The summed E-state index contributed by atoms with van der Waals surface area (Å²) in [6.07, 6.45) is 3.97. The predicted molar refractivity (Wildman–Crippen MR) is 73.4 cm³/mol. The Morgan fingerprint density at radius 2 is 1.88 bits per heavy atom. The molecule has 0 aromatic carbocycles. The van der Waals surface area contributed by atoms with Crippen molar-refractivity contribution >= 4 is 0 Å². The Bertz CT molecular complexity index is 222. The summed E-state index contributed by atoms with van der Waals surface area (Å²) in [5.41, 5.74) is 0.362. The molecule has 0 bridgehead atoms. The number of hydrogen-bond donors (Lipinski definition) is 1. The van der Waals surface area contributed by atoms with E-state index >= 15 is 0 Å². The van der Waals surface area contributed by atoms with Crippen molar-refractivity contribution in [2.24, 2.45) is 0 Å². The van der Waals surface area contributed by atoms with Gasteiger partial charge in [-0.25, -0.2) is 0 Å². The summed E-state index contributed by atoms with van der Waals surface area (Å²) in [6.45, 7) is 14.5. The van der Waals surface area contributed by atoms with Crippen molar-refractivity contribution in [2.75, 3.05) is 39.3 Å². The van der Waals surface area contributed by atoms with Crippen LogP contribution in [0.5, 0.6) is 0 Å². The third kappa shape index (κ3) is 3.67. The Morgan fingerprint density at radius 3 is 2.41 bits per heavy atom. The molecule has 2 rings (SSSR count). The minimum Gasteiger partial charge on any atom is -0.310 e. The van der Waals surface area contributed by atoms with Gasteiger partial charge in [-0.15, -0.1) is 0 Å². The van der Waals surface area contributed by atoms with Crippen molar-refractivity contribution in [3.8, 4) is 0 Å². The van der Waals surface area contributed by atoms with Crippen LogP contribution in [-0.2, 0) is 0 Å². The van der Waals surface area contributed by atoms with Crippen LogP contribution in [0.15, 0.2) is 0 Å². The van der Waals surface area contributed by atoms with Crippen molar-refractivity contribution in [1.82, 2.24) is 15.1 Å². The lowest BCUT2D eigenvalue weighted by molar-refractivity contribution is 0.0704. The van der Waals surface area contributed by atoms with Gasteiger partial charge in [0.15, 0.2) is 0 Å². The van der Waals surface area contributed by atoms with Gasteiger partial charge in [-0.1, -0.05) is 6.92 Å². The fourth-order valence-electron chi connectivity index (χ4n) is 3.09. The topological polar surface area (TPSA) is 18.5 Å². The van der Waals surface area contributed by atoms with E-state index in [1.807, 2.05) is 0 Å². The lowest BCUT2D eigenvalue weighted by Gasteiger charge is -2.44. The third-order valence-corrected chi connectivity index (χ3v) is 4.38. The van der Waals surface area contributed by atoms with Crippen LogP contribution in [0.1, 0.15) is 40.0 Å². The Kier molecular flexibility index (Phi) is 4.45. The molecule has 0 aliphatic carbocycles. The molecule has 2 aliphatic rings. The van der Waals surface area contributed by atoms with E-state index in [4.69, 9.17) is 0 Å². The minimum atomic E-state index is 0.362. The molecule has 1 unspecified atom stereocenters. The highest BCUT2D eigenvalue weighted by molar-refractivity contribution is 4.90. The highest BCUT2D eigenvalue weighted by atomic mass is 15.3. The maximum Gasteiger partial charge on any atom is 0.0222 e. The molecular weight excluding hydrogens is 210 g/mol. The average Bonchev–Trinajstić information content (AvgIpc) is 2.31. The molecule has 1 atom stereocenters. The third-order valence-electron chi connectivity index (χ3n) is 4.38. The first-order valence-electron chi connectivity index (χ1n) is 7.32. The second kappa shape index (κ2) is 5.68. The molecule has 17 heavy (non-hydrogen) atoms. The van der Waals surface area contributed by atoms with E-state index in [0.29, 0.717) is 5.54 Å². The summed E-state index contributed by atoms with van der Waals surface area (Å²) in [4.78, 5) is 5.31. The van der Waals surface area contributed by atoms with E-state index in [1.54, 1.807) is 0 Å². The van der Waals surface area contributed by atoms with Gasteiger partial charge in [-0.3, -0.25) is 4.90 Å². The molecule has 0 aromatic heterocycles. The van der Waals surface area contributed by atoms with Gasteiger partial charge in [0.2, 0.25) is 0 Å². The largest absolute Gasteiger partial charge is 0.310 e. The molecular formula is C14H29N3. The van der Waals surface area contributed by atoms with Crippen LogP contribution < -0.4 is 5.32 Å². The van der Waals surface area contributed by atoms with Crippen LogP contribution >= 0.6 is 0 Å². The van der Waals surface area contributed by atoms with Crippen molar-refractivity contribution in [3.05, 3.63) is 0 Å². The first kappa shape index (κ1) is 13.3. The molecule has 2 heterocycles. The van der Waals surface area contributed by atoms with E-state index in [9.17, 15) is 0 Å². The van der Waals surface area contributed by atoms with Crippen LogP contribution in [0.4, 0.5) is 0 Å². The first-order valence-corrected chi connectivity index (χ1v) is 7.32. The summed E-state index contributed by atoms with van der Waals surface area (Å²) < 4.78 is 0. The number of piperidine rings is 1. The number of hydrogen-bond acceptors (Lipinski definition) is 3. The minimum absolute atomic E-state index is 0.362. The molecule has 1 N–H and O–H groups in total. The standard InChI is InChI=1S/C14H29N3/c1-4-7-16-8-10-17(11-9-16)13-5-6-14(2,3)15-12-13/h13,15H,4-12H2,1-3H3. The summed E-state index contributed by atoms with van der Waals surface area (Å²) in [5.74, 6) is 0. The van der Waals surface area contributed by atoms with Gasteiger partial charge in [0.1, 0.15) is 0 Å². The average molecular weight is 239 g/mol. The van der Waals surface area contributed by atoms with Gasteiger partial charge in [0.25, 0.3) is 0 Å². The van der Waals surface area contributed by atoms with Crippen LogP contribution in [-0.4, -0.2) is 60.6 Å². The van der Waals surface area contributed by atoms with Crippen LogP contribution in [0, 0.1) is 0 Å². The second-order valence-electron chi connectivity index (χ2n) is 6.33. The van der Waals surface area contributed by atoms with E-state index in [1.165, 1.54) is 58.5 Å². The zero-order chi connectivity index (χ0) is 12.3. The monoisotopic (exact) mass is 239 g/mol. The van der Waals surface area contributed by atoms with E-state index in [2.05, 4.69) is 35.9 Å². The Morgan fingerprint density at radius 1 is 1.18 bits per heavy atom. The van der Waals surface area contributed by atoms with E-state index < -0.39 is 0 Å². The van der Waals surface area contributed by atoms with Crippen molar-refractivity contribution in [3.63, 3.8) is 0 Å². The summed E-state index contributed by atoms with van der Waals surface area (Å²) in [7, 11) is 0. The van der Waals surface area contributed by atoms with Gasteiger partial charge in [0, 0.05) is 44.3 Å². The normalized spacial score (nSPS) is 31.6. The predicted octanol–water partition coefficient (Wildman–Crippen LogP) is 1.54. The molecule has 0 amide bonds. The number of piperazine rings is 1. The van der Waals surface area contributed by atoms with Crippen LogP contribution in [0.25, 0.3) is 0 Å². The van der Waals surface area contributed by atoms with Crippen LogP contribution in [0.3, 0.4) is 0 Å². The van der Waals surface area contributed by atoms with Crippen LogP contribution in [0.2, 0.25) is 0 Å². The van der Waals surface area contributed by atoms with Crippen molar-refractivity contribution < 1.29 is 0 Å². The molecule has 0 radical (unpaired) electrons. The Labute approximate surface area is 107 Å². The van der Waals surface area contributed by atoms with Gasteiger partial charge in [-0.2, -0.15) is 0 Å². The fraction of sp³-hybridized carbons (Fsp3) is 1.00. The second-order valence-corrected chi connectivity index (χ2v) is 6.33. The van der Waals surface area contributed by atoms with Gasteiger partial charge in [-0.05, 0) is 39.7 Å². The summed E-state index contributed by atoms with van der Waals surface area (Å²) >= 11 is 0. The number of nitrogens with one attached hydrogen (secondary N) is 1. The van der Waals surface area contributed by atoms with Crippen molar-refractivity contribution in [1.29, 1.82) is 0 Å². The van der Waals surface area contributed by atoms with Crippen molar-refractivity contribution in [2.45, 2.75) is 51.6 Å². The molecule has 2 fully saturated rings. The highest BCUT2D eigenvalue weighted by Crippen LogP contribution is 2.22. The highest BCUT2D eigenvalue weighted by Gasteiger charge is 2.30. The lowest BCUT2D eigenvalue weighted by atomic mass is 9.90. The molecule has 2 saturated heterocycles. The Hall–Kier alpha value is -0.120. The molecule has 3 nitrogen and oxygen atoms in total. The number of rotatable bonds is 3. The maximum absolute atomic E-state index is 3.69. The zero-order valence-electron chi connectivity index (χ0n) is 11.8. The van der Waals surface area contributed by atoms with E-state index in [-0.39, 0.29) is 0 Å². The SMILES string of the molecule is CCCN1CCN(C2CCC(C)(C)NC2)CC1.